The fourth-order valence-electron chi connectivity index (χ4n) is 2.88. The third kappa shape index (κ3) is 7.66. The van der Waals surface area contributed by atoms with Gasteiger partial charge in [-0.05, 0) is 41.8 Å². The standard InChI is InChI=1S/C24H28ClIO4/c1-4-15-27-17-23(30-26)18-29-22-12-8-20(9-13-22)24(2,3)19-6-10-21(11-7-19)28-16-5-14-25/h1,6-13,23H,5,14-18H2,2-3H3/t23-/m1/s1. The maximum absolute atomic E-state index is 5.84. The normalized spacial score (nSPS) is 12.2. The molecule has 2 aromatic carbocycles. The van der Waals surface area contributed by atoms with E-state index in [1.54, 1.807) is 0 Å². The first kappa shape index (κ1) is 24.8. The highest BCUT2D eigenvalue weighted by Gasteiger charge is 2.23. The summed E-state index contributed by atoms with van der Waals surface area (Å²) < 4.78 is 22.2. The van der Waals surface area contributed by atoms with Crippen molar-refractivity contribution in [1.29, 1.82) is 0 Å². The minimum absolute atomic E-state index is 0.149. The van der Waals surface area contributed by atoms with Crippen LogP contribution in [0.2, 0.25) is 0 Å². The molecule has 0 heterocycles. The lowest BCUT2D eigenvalue weighted by Crippen LogP contribution is -2.24. The summed E-state index contributed by atoms with van der Waals surface area (Å²) in [6, 6.07) is 16.4. The zero-order valence-electron chi connectivity index (χ0n) is 17.4. The lowest BCUT2D eigenvalue weighted by atomic mass is 9.78. The van der Waals surface area contributed by atoms with Crippen LogP contribution in [-0.4, -0.2) is 38.4 Å². The van der Waals surface area contributed by atoms with Crippen LogP contribution in [0.15, 0.2) is 48.5 Å². The second-order valence-electron chi connectivity index (χ2n) is 7.31. The molecule has 0 bridgehead atoms. The van der Waals surface area contributed by atoms with Crippen LogP contribution in [0.4, 0.5) is 0 Å². The molecule has 0 amide bonds. The first-order valence-corrected chi connectivity index (χ1v) is 11.2. The largest absolute Gasteiger partial charge is 0.494 e. The van der Waals surface area contributed by atoms with E-state index in [0.29, 0.717) is 25.7 Å². The Kier molecular flexibility index (Phi) is 10.8. The number of hydrogen-bond acceptors (Lipinski definition) is 4. The van der Waals surface area contributed by atoms with Gasteiger partial charge in [0.15, 0.2) is 0 Å². The van der Waals surface area contributed by atoms with Gasteiger partial charge in [-0.2, -0.15) is 0 Å². The van der Waals surface area contributed by atoms with E-state index in [1.165, 1.54) is 11.1 Å². The molecule has 30 heavy (non-hydrogen) atoms. The molecule has 0 saturated carbocycles. The number of terminal acetylenes is 1. The Balaban J connectivity index is 1.96. The molecule has 0 aliphatic carbocycles. The zero-order chi connectivity index (χ0) is 21.8. The number of benzene rings is 2. The van der Waals surface area contributed by atoms with Gasteiger partial charge in [0.05, 0.1) is 13.2 Å². The first-order valence-electron chi connectivity index (χ1n) is 9.82. The molecule has 0 radical (unpaired) electrons. The highest BCUT2D eigenvalue weighted by Crippen LogP contribution is 2.33. The van der Waals surface area contributed by atoms with Crippen LogP contribution >= 0.6 is 34.6 Å². The maximum Gasteiger partial charge on any atom is 0.127 e. The summed E-state index contributed by atoms with van der Waals surface area (Å²) in [6.45, 7) is 6.09. The Morgan fingerprint density at radius 3 is 2.03 bits per heavy atom. The second-order valence-corrected chi connectivity index (χ2v) is 8.19. The molecule has 0 spiro atoms. The Hall–Kier alpha value is -1.46. The van der Waals surface area contributed by atoms with Crippen molar-refractivity contribution in [3.05, 3.63) is 59.7 Å². The number of hydrogen-bond donors (Lipinski definition) is 0. The monoisotopic (exact) mass is 542 g/mol. The molecule has 2 rings (SSSR count). The van der Waals surface area contributed by atoms with Crippen molar-refractivity contribution < 1.29 is 17.3 Å². The van der Waals surface area contributed by atoms with E-state index >= 15 is 0 Å². The van der Waals surface area contributed by atoms with Gasteiger partial charge in [0, 0.05) is 11.3 Å². The van der Waals surface area contributed by atoms with Gasteiger partial charge in [-0.1, -0.05) is 44.0 Å². The van der Waals surface area contributed by atoms with Crippen molar-refractivity contribution in [1.82, 2.24) is 0 Å². The van der Waals surface area contributed by atoms with Crippen LogP contribution in [0.1, 0.15) is 31.4 Å². The summed E-state index contributed by atoms with van der Waals surface area (Å²) in [4.78, 5) is 0. The molecule has 1 atom stereocenters. The maximum atomic E-state index is 5.84. The van der Waals surface area contributed by atoms with Gasteiger partial charge < -0.3 is 17.3 Å². The van der Waals surface area contributed by atoms with Gasteiger partial charge in [0.2, 0.25) is 0 Å². The number of ether oxygens (including phenoxy) is 3. The van der Waals surface area contributed by atoms with Crippen molar-refractivity contribution in [3.8, 4) is 23.8 Å². The summed E-state index contributed by atoms with van der Waals surface area (Å²) in [5, 5.41) is 0. The average molecular weight is 543 g/mol. The highest BCUT2D eigenvalue weighted by molar-refractivity contribution is 14.1. The minimum Gasteiger partial charge on any atom is -0.494 e. The van der Waals surface area contributed by atoms with Crippen molar-refractivity contribution in [2.24, 2.45) is 0 Å². The molecule has 0 saturated heterocycles. The van der Waals surface area contributed by atoms with Crippen molar-refractivity contribution in [2.75, 3.05) is 32.3 Å². The molecule has 6 heteroatoms. The molecule has 0 fully saturated rings. The molecule has 4 nitrogen and oxygen atoms in total. The second kappa shape index (κ2) is 13.1. The zero-order valence-corrected chi connectivity index (χ0v) is 20.3. The highest BCUT2D eigenvalue weighted by atomic mass is 127. The number of rotatable bonds is 13. The molecular weight excluding hydrogens is 515 g/mol. The van der Waals surface area contributed by atoms with Crippen molar-refractivity contribution in [2.45, 2.75) is 31.8 Å². The molecule has 2 aromatic rings. The SMILES string of the molecule is C#CCOC[C@H](COc1ccc(C(C)(C)c2ccc(OCCCCl)cc2)cc1)OI. The van der Waals surface area contributed by atoms with Gasteiger partial charge in [-0.25, -0.2) is 0 Å². The van der Waals surface area contributed by atoms with E-state index in [0.717, 1.165) is 17.9 Å². The molecule has 0 aliphatic heterocycles. The fourth-order valence-corrected chi connectivity index (χ4v) is 3.29. The molecule has 162 valence electrons. The van der Waals surface area contributed by atoms with Gasteiger partial charge in [-0.3, -0.25) is 0 Å². The summed E-state index contributed by atoms with van der Waals surface area (Å²) in [5.41, 5.74) is 2.26. The van der Waals surface area contributed by atoms with Gasteiger partial charge in [-0.15, -0.1) is 18.0 Å². The Bertz CT molecular complexity index is 784. The number of alkyl halides is 1. The Labute approximate surface area is 198 Å². The number of halogens is 2. The van der Waals surface area contributed by atoms with Crippen molar-refractivity contribution >= 4 is 34.6 Å². The molecule has 0 unspecified atom stereocenters. The average Bonchev–Trinajstić information content (AvgIpc) is 2.77. The van der Waals surface area contributed by atoms with E-state index in [-0.39, 0.29) is 18.1 Å². The van der Waals surface area contributed by atoms with Crippen LogP contribution in [0, 0.1) is 12.3 Å². The topological polar surface area (TPSA) is 36.9 Å². The summed E-state index contributed by atoms with van der Waals surface area (Å²) >= 11 is 7.54. The van der Waals surface area contributed by atoms with Crippen LogP contribution in [0.3, 0.4) is 0 Å². The third-order valence-corrected chi connectivity index (χ3v) is 5.74. The fraction of sp³-hybridized carbons (Fsp3) is 0.417. The minimum atomic E-state index is -0.180. The quantitative estimate of drug-likeness (QED) is 0.139. The summed E-state index contributed by atoms with van der Waals surface area (Å²) in [5.74, 6) is 4.69. The van der Waals surface area contributed by atoms with E-state index in [9.17, 15) is 0 Å². The predicted molar refractivity (Wildman–Crippen MR) is 130 cm³/mol. The molecule has 0 aliphatic rings. The molecular formula is C24H28ClIO4. The van der Waals surface area contributed by atoms with Crippen LogP contribution in [0.25, 0.3) is 0 Å². The van der Waals surface area contributed by atoms with Gasteiger partial charge >= 0.3 is 0 Å². The predicted octanol–water partition coefficient (Wildman–Crippen LogP) is 5.78. The van der Waals surface area contributed by atoms with E-state index in [4.69, 9.17) is 35.3 Å². The molecule has 0 N–H and O–H groups in total. The Morgan fingerprint density at radius 1 is 0.967 bits per heavy atom. The van der Waals surface area contributed by atoms with E-state index < -0.39 is 0 Å². The lowest BCUT2D eigenvalue weighted by Gasteiger charge is -2.26. The van der Waals surface area contributed by atoms with Gasteiger partial charge in [0.25, 0.3) is 0 Å². The molecule has 0 aromatic heterocycles. The third-order valence-electron chi connectivity index (χ3n) is 4.75. The summed E-state index contributed by atoms with van der Waals surface area (Å²) in [6.07, 6.45) is 5.84. The van der Waals surface area contributed by atoms with Crippen LogP contribution < -0.4 is 9.47 Å². The lowest BCUT2D eigenvalue weighted by molar-refractivity contribution is 0.0613. The van der Waals surface area contributed by atoms with Crippen molar-refractivity contribution in [3.63, 3.8) is 0 Å². The van der Waals surface area contributed by atoms with E-state index in [2.05, 4.69) is 44.0 Å². The van der Waals surface area contributed by atoms with Crippen LogP contribution in [0.5, 0.6) is 11.5 Å². The van der Waals surface area contributed by atoms with E-state index in [1.807, 2.05) is 47.3 Å². The van der Waals surface area contributed by atoms with Crippen LogP contribution in [-0.2, 0) is 13.2 Å². The first-order chi connectivity index (χ1) is 14.5. The smallest absolute Gasteiger partial charge is 0.127 e. The van der Waals surface area contributed by atoms with Gasteiger partial charge in [0.1, 0.15) is 53.8 Å². The summed E-state index contributed by atoms with van der Waals surface area (Å²) in [7, 11) is 0. The Morgan fingerprint density at radius 2 is 1.53 bits per heavy atom.